The van der Waals surface area contributed by atoms with E-state index in [0.717, 1.165) is 25.7 Å². The predicted molar refractivity (Wildman–Crippen MR) is 114 cm³/mol. The van der Waals surface area contributed by atoms with Gasteiger partial charge >= 0.3 is 0 Å². The molecule has 0 radical (unpaired) electrons. The van der Waals surface area contributed by atoms with Crippen molar-refractivity contribution in [2.24, 2.45) is 0 Å². The molecule has 1 aliphatic heterocycles. The van der Waals surface area contributed by atoms with Gasteiger partial charge < -0.3 is 10.1 Å². The molecule has 1 saturated heterocycles. The Kier molecular flexibility index (Phi) is 7.44. The second-order valence-corrected chi connectivity index (χ2v) is 9.30. The van der Waals surface area contributed by atoms with Gasteiger partial charge in [0.25, 0.3) is 0 Å². The maximum absolute atomic E-state index is 13.8. The first-order valence-electron chi connectivity index (χ1n) is 10.1. The highest BCUT2D eigenvalue weighted by Gasteiger charge is 2.25. The van der Waals surface area contributed by atoms with Gasteiger partial charge in [-0.2, -0.15) is 4.31 Å². The lowest BCUT2D eigenvalue weighted by molar-refractivity contribution is -0.116. The largest absolute Gasteiger partial charge is 0.494 e. The molecule has 0 atom stereocenters. The standard InChI is InChI=1S/C22H27FN2O4S/c1-29-21-11-9-17(15-20(21)23)10-12-22(26)24-18-7-6-8-19(16-18)30(27,28)25-13-4-2-3-5-14-25/h6-9,11,15-16H,2-5,10,12-14H2,1H3,(H,24,26). The number of amides is 1. The Balaban J connectivity index is 1.63. The predicted octanol–water partition coefficient (Wildman–Crippen LogP) is 3.97. The second kappa shape index (κ2) is 10.0. The molecule has 0 spiro atoms. The third-order valence-electron chi connectivity index (χ3n) is 5.18. The normalized spacial score (nSPS) is 15.4. The first-order chi connectivity index (χ1) is 14.4. The molecule has 0 unspecified atom stereocenters. The number of halogens is 1. The Bertz CT molecular complexity index is 986. The summed E-state index contributed by atoms with van der Waals surface area (Å²) in [5.41, 5.74) is 1.11. The molecule has 2 aromatic rings. The van der Waals surface area contributed by atoms with Gasteiger partial charge in [0, 0.05) is 25.2 Å². The summed E-state index contributed by atoms with van der Waals surface area (Å²) in [5, 5.41) is 2.74. The third kappa shape index (κ3) is 5.58. The molecule has 8 heteroatoms. The highest BCUT2D eigenvalue weighted by Crippen LogP contribution is 2.23. The number of carbonyl (C=O) groups excluding carboxylic acids is 1. The van der Waals surface area contributed by atoms with Gasteiger partial charge in [-0.1, -0.05) is 25.0 Å². The summed E-state index contributed by atoms with van der Waals surface area (Å²) in [6.45, 7) is 1.05. The van der Waals surface area contributed by atoms with Crippen molar-refractivity contribution in [2.45, 2.75) is 43.4 Å². The Hall–Kier alpha value is -2.45. The molecule has 1 heterocycles. The summed E-state index contributed by atoms with van der Waals surface area (Å²) in [6, 6.07) is 10.9. The van der Waals surface area contributed by atoms with E-state index in [4.69, 9.17) is 4.74 Å². The molecule has 0 saturated carbocycles. The fraction of sp³-hybridized carbons (Fsp3) is 0.409. The number of rotatable bonds is 7. The van der Waals surface area contributed by atoms with Crippen molar-refractivity contribution in [3.8, 4) is 5.75 Å². The summed E-state index contributed by atoms with van der Waals surface area (Å²) in [4.78, 5) is 12.5. The third-order valence-corrected chi connectivity index (χ3v) is 7.07. The Morgan fingerprint density at radius 3 is 2.50 bits per heavy atom. The molecule has 0 bridgehead atoms. The van der Waals surface area contributed by atoms with Gasteiger partial charge in [0.15, 0.2) is 11.6 Å². The van der Waals surface area contributed by atoms with E-state index >= 15 is 0 Å². The number of nitrogens with one attached hydrogen (secondary N) is 1. The average molecular weight is 435 g/mol. The zero-order valence-electron chi connectivity index (χ0n) is 17.1. The summed E-state index contributed by atoms with van der Waals surface area (Å²) < 4.78 is 46.1. The molecule has 1 N–H and O–H groups in total. The van der Waals surface area contributed by atoms with E-state index in [2.05, 4.69) is 5.32 Å². The number of benzene rings is 2. The van der Waals surface area contributed by atoms with Crippen LogP contribution >= 0.6 is 0 Å². The van der Waals surface area contributed by atoms with Gasteiger partial charge in [0.2, 0.25) is 15.9 Å². The Morgan fingerprint density at radius 1 is 1.10 bits per heavy atom. The van der Waals surface area contributed by atoms with Crippen LogP contribution in [-0.4, -0.2) is 38.8 Å². The van der Waals surface area contributed by atoms with Crippen LogP contribution in [0, 0.1) is 5.82 Å². The summed E-state index contributed by atoms with van der Waals surface area (Å²) in [6.07, 6.45) is 4.32. The van der Waals surface area contributed by atoms with E-state index < -0.39 is 15.8 Å². The number of hydrogen-bond acceptors (Lipinski definition) is 4. The van der Waals surface area contributed by atoms with Crippen molar-refractivity contribution in [3.63, 3.8) is 0 Å². The highest BCUT2D eigenvalue weighted by molar-refractivity contribution is 7.89. The van der Waals surface area contributed by atoms with E-state index in [0.29, 0.717) is 30.8 Å². The van der Waals surface area contributed by atoms with Gasteiger partial charge in [-0.3, -0.25) is 4.79 Å². The van der Waals surface area contributed by atoms with Crippen LogP contribution in [0.5, 0.6) is 5.75 Å². The minimum absolute atomic E-state index is 0.148. The van der Waals surface area contributed by atoms with Gasteiger partial charge in [-0.05, 0) is 55.2 Å². The number of carbonyl (C=O) groups is 1. The zero-order valence-corrected chi connectivity index (χ0v) is 17.9. The van der Waals surface area contributed by atoms with E-state index in [9.17, 15) is 17.6 Å². The minimum Gasteiger partial charge on any atom is -0.494 e. The summed E-state index contributed by atoms with van der Waals surface area (Å²) in [5.74, 6) is -0.581. The molecule has 1 amide bonds. The van der Waals surface area contributed by atoms with E-state index in [1.54, 1.807) is 24.3 Å². The van der Waals surface area contributed by atoms with Crippen molar-refractivity contribution >= 4 is 21.6 Å². The maximum atomic E-state index is 13.8. The number of anilines is 1. The Labute approximate surface area is 177 Å². The van der Waals surface area contributed by atoms with Crippen molar-refractivity contribution < 1.29 is 22.3 Å². The monoisotopic (exact) mass is 434 g/mol. The SMILES string of the molecule is COc1ccc(CCC(=O)Nc2cccc(S(=O)(=O)N3CCCCCC3)c2)cc1F. The molecule has 0 aromatic heterocycles. The molecular formula is C22H27FN2O4S. The molecule has 162 valence electrons. The first-order valence-corrected chi connectivity index (χ1v) is 11.6. The number of aryl methyl sites for hydroxylation is 1. The molecule has 1 aliphatic rings. The maximum Gasteiger partial charge on any atom is 0.243 e. The van der Waals surface area contributed by atoms with Crippen molar-refractivity contribution in [2.75, 3.05) is 25.5 Å². The number of methoxy groups -OCH3 is 1. The van der Waals surface area contributed by atoms with Crippen molar-refractivity contribution in [1.29, 1.82) is 0 Å². The summed E-state index contributed by atoms with van der Waals surface area (Å²) in [7, 11) is -2.19. The van der Waals surface area contributed by atoms with Crippen molar-refractivity contribution in [3.05, 3.63) is 53.8 Å². The first kappa shape index (κ1) is 22.2. The van der Waals surface area contributed by atoms with Crippen molar-refractivity contribution in [1.82, 2.24) is 4.31 Å². The van der Waals surface area contributed by atoms with Crippen LogP contribution in [0.15, 0.2) is 47.4 Å². The van der Waals surface area contributed by atoms with Gasteiger partial charge in [0.05, 0.1) is 12.0 Å². The Morgan fingerprint density at radius 2 is 1.83 bits per heavy atom. The molecule has 3 rings (SSSR count). The van der Waals surface area contributed by atoms with E-state index in [1.165, 1.54) is 29.6 Å². The molecule has 30 heavy (non-hydrogen) atoms. The average Bonchev–Trinajstić information content (AvgIpc) is 3.03. The number of nitrogens with zero attached hydrogens (tertiary/aromatic N) is 1. The lowest BCUT2D eigenvalue weighted by Crippen LogP contribution is -2.32. The van der Waals surface area contributed by atoms with Crippen LogP contribution in [0.25, 0.3) is 0 Å². The molecule has 2 aromatic carbocycles. The van der Waals surface area contributed by atoms with E-state index in [-0.39, 0.29) is 23.0 Å². The molecular weight excluding hydrogens is 407 g/mol. The van der Waals surface area contributed by atoms with E-state index in [1.807, 2.05) is 0 Å². The number of ether oxygens (including phenoxy) is 1. The molecule has 6 nitrogen and oxygen atoms in total. The fourth-order valence-electron chi connectivity index (χ4n) is 3.51. The van der Waals surface area contributed by atoms with Crippen LogP contribution < -0.4 is 10.1 Å². The fourth-order valence-corrected chi connectivity index (χ4v) is 5.08. The highest BCUT2D eigenvalue weighted by atomic mass is 32.2. The number of sulfonamides is 1. The summed E-state index contributed by atoms with van der Waals surface area (Å²) >= 11 is 0. The second-order valence-electron chi connectivity index (χ2n) is 7.36. The topological polar surface area (TPSA) is 75.7 Å². The van der Waals surface area contributed by atoms with Crippen LogP contribution in [0.1, 0.15) is 37.7 Å². The quantitative estimate of drug-likeness (QED) is 0.716. The lowest BCUT2D eigenvalue weighted by Gasteiger charge is -2.20. The van der Waals surface area contributed by atoms with Gasteiger partial charge in [-0.15, -0.1) is 0 Å². The van der Waals surface area contributed by atoms with Crippen LogP contribution in [-0.2, 0) is 21.2 Å². The number of hydrogen-bond donors (Lipinski definition) is 1. The van der Waals surface area contributed by atoms with Crippen LogP contribution in [0.4, 0.5) is 10.1 Å². The lowest BCUT2D eigenvalue weighted by atomic mass is 10.1. The molecule has 0 aliphatic carbocycles. The smallest absolute Gasteiger partial charge is 0.243 e. The minimum atomic E-state index is -3.58. The van der Waals surface area contributed by atoms with Crippen LogP contribution in [0.3, 0.4) is 0 Å². The zero-order chi connectivity index (χ0) is 21.6. The van der Waals surface area contributed by atoms with Gasteiger partial charge in [0.1, 0.15) is 0 Å². The molecule has 1 fully saturated rings. The van der Waals surface area contributed by atoms with Gasteiger partial charge in [-0.25, -0.2) is 12.8 Å². The van der Waals surface area contributed by atoms with Crippen LogP contribution in [0.2, 0.25) is 0 Å².